The van der Waals surface area contributed by atoms with E-state index in [0.717, 1.165) is 5.56 Å². The molecule has 4 N–H and O–H groups in total. The minimum absolute atomic E-state index is 0.0463. The Bertz CT molecular complexity index is 1770. The first kappa shape index (κ1) is 34.2. The largest absolute Gasteiger partial charge is 0.478 e. The standard InChI is InChI=1S/C33H25Cl2N3O9/c34-23-12-6-21(7-13-23)32(44)46-27(28(31(42)43)47-33(45)22-8-14-24(35)15-9-22)30(41)38-37-29(40)20-10-16-25(17-11-20)36-26(39)18-19-4-2-1-3-5-19/h1-17,27-28H,18H2,(H,36,39)(H,37,40)(H,38,41)(H,42,43)/t27-,28-/m1/s1. The van der Waals surface area contributed by atoms with Gasteiger partial charge in [0.25, 0.3) is 11.8 Å². The number of carbonyl (C=O) groups is 6. The van der Waals surface area contributed by atoms with Crippen LogP contribution in [0.3, 0.4) is 0 Å². The summed E-state index contributed by atoms with van der Waals surface area (Å²) >= 11 is 11.7. The molecule has 240 valence electrons. The summed E-state index contributed by atoms with van der Waals surface area (Å²) in [6.45, 7) is 0. The average molecular weight is 678 g/mol. The number of carboxylic acids is 1. The number of benzene rings is 4. The van der Waals surface area contributed by atoms with Crippen LogP contribution in [0, 0.1) is 0 Å². The molecule has 14 heteroatoms. The molecule has 0 aromatic heterocycles. The molecule has 0 saturated heterocycles. The third-order valence-electron chi connectivity index (χ3n) is 6.34. The van der Waals surface area contributed by atoms with Crippen LogP contribution in [0.15, 0.2) is 103 Å². The number of nitrogens with one attached hydrogen (secondary N) is 3. The van der Waals surface area contributed by atoms with E-state index in [-0.39, 0.29) is 29.0 Å². The fourth-order valence-corrected chi connectivity index (χ4v) is 4.24. The molecule has 0 radical (unpaired) electrons. The molecule has 4 aromatic carbocycles. The van der Waals surface area contributed by atoms with Gasteiger partial charge in [0.1, 0.15) is 0 Å². The van der Waals surface area contributed by atoms with E-state index < -0.39 is 41.9 Å². The molecule has 0 bridgehead atoms. The number of esters is 2. The van der Waals surface area contributed by atoms with Gasteiger partial charge in [0.2, 0.25) is 18.1 Å². The molecule has 0 aliphatic carbocycles. The number of aliphatic carboxylic acids is 1. The number of amides is 3. The highest BCUT2D eigenvalue weighted by atomic mass is 35.5. The fourth-order valence-electron chi connectivity index (χ4n) is 3.99. The summed E-state index contributed by atoms with van der Waals surface area (Å²) < 4.78 is 10.2. The summed E-state index contributed by atoms with van der Waals surface area (Å²) in [6.07, 6.45) is -4.47. The van der Waals surface area contributed by atoms with E-state index in [0.29, 0.717) is 15.7 Å². The van der Waals surface area contributed by atoms with Crippen molar-refractivity contribution >= 4 is 64.5 Å². The molecular formula is C33H25Cl2N3O9. The second-order valence-corrected chi connectivity index (χ2v) is 10.6. The van der Waals surface area contributed by atoms with Crippen LogP contribution in [0.4, 0.5) is 5.69 Å². The Kier molecular flexibility index (Phi) is 11.6. The van der Waals surface area contributed by atoms with Crippen molar-refractivity contribution in [3.63, 3.8) is 0 Å². The van der Waals surface area contributed by atoms with Gasteiger partial charge in [0.15, 0.2) is 0 Å². The lowest BCUT2D eigenvalue weighted by atomic mass is 10.1. The Hall–Kier alpha value is -5.72. The van der Waals surface area contributed by atoms with Gasteiger partial charge < -0.3 is 19.9 Å². The molecule has 0 heterocycles. The van der Waals surface area contributed by atoms with Gasteiger partial charge in [-0.3, -0.25) is 25.2 Å². The maximum Gasteiger partial charge on any atom is 0.349 e. The molecule has 0 spiro atoms. The zero-order valence-corrected chi connectivity index (χ0v) is 25.7. The molecule has 0 aliphatic heterocycles. The van der Waals surface area contributed by atoms with Crippen LogP contribution in [0.1, 0.15) is 36.6 Å². The van der Waals surface area contributed by atoms with Crippen molar-refractivity contribution in [1.29, 1.82) is 0 Å². The van der Waals surface area contributed by atoms with E-state index >= 15 is 0 Å². The van der Waals surface area contributed by atoms with E-state index in [2.05, 4.69) is 10.7 Å². The van der Waals surface area contributed by atoms with Crippen LogP contribution in [0.25, 0.3) is 0 Å². The lowest BCUT2D eigenvalue weighted by molar-refractivity contribution is -0.159. The molecular weight excluding hydrogens is 653 g/mol. The summed E-state index contributed by atoms with van der Waals surface area (Å²) in [5, 5.41) is 13.2. The van der Waals surface area contributed by atoms with Gasteiger partial charge in [-0.25, -0.2) is 14.4 Å². The van der Waals surface area contributed by atoms with Crippen molar-refractivity contribution in [2.45, 2.75) is 18.6 Å². The maximum atomic E-state index is 13.2. The van der Waals surface area contributed by atoms with E-state index in [1.54, 1.807) is 0 Å². The first-order valence-electron chi connectivity index (χ1n) is 13.7. The summed E-state index contributed by atoms with van der Waals surface area (Å²) in [6, 6.07) is 25.3. The maximum absolute atomic E-state index is 13.2. The predicted octanol–water partition coefficient (Wildman–Crippen LogP) is 4.47. The third kappa shape index (κ3) is 9.88. The van der Waals surface area contributed by atoms with Crippen molar-refractivity contribution in [2.75, 3.05) is 5.32 Å². The average Bonchev–Trinajstić information content (AvgIpc) is 3.06. The van der Waals surface area contributed by atoms with Gasteiger partial charge >= 0.3 is 17.9 Å². The predicted molar refractivity (Wildman–Crippen MR) is 170 cm³/mol. The number of hydrogen-bond donors (Lipinski definition) is 4. The van der Waals surface area contributed by atoms with Crippen molar-refractivity contribution < 1.29 is 43.3 Å². The monoisotopic (exact) mass is 677 g/mol. The Balaban J connectivity index is 1.45. The summed E-state index contributed by atoms with van der Waals surface area (Å²) in [7, 11) is 0. The Labute approximate surface area is 277 Å². The van der Waals surface area contributed by atoms with Crippen LogP contribution in [0.5, 0.6) is 0 Å². The SMILES string of the molecule is O=C(Cc1ccccc1)Nc1ccc(C(=O)NNC(=O)[C@H](OC(=O)c2ccc(Cl)cc2)[C@@H](OC(=O)c2ccc(Cl)cc2)C(=O)O)cc1. The smallest absolute Gasteiger partial charge is 0.349 e. The highest BCUT2D eigenvalue weighted by Gasteiger charge is 2.41. The fraction of sp³-hybridized carbons (Fsp3) is 0.0909. The number of rotatable bonds is 11. The minimum atomic E-state index is -2.34. The molecule has 47 heavy (non-hydrogen) atoms. The number of anilines is 1. The number of halogens is 2. The van der Waals surface area contributed by atoms with Crippen LogP contribution < -0.4 is 16.2 Å². The second-order valence-electron chi connectivity index (χ2n) is 9.74. The van der Waals surface area contributed by atoms with Gasteiger partial charge in [0.05, 0.1) is 17.5 Å². The molecule has 3 amide bonds. The van der Waals surface area contributed by atoms with Gasteiger partial charge in [-0.2, -0.15) is 0 Å². The summed E-state index contributed by atoms with van der Waals surface area (Å²) in [5.74, 6) is -6.58. The number of hydrazine groups is 1. The normalized spacial score (nSPS) is 11.7. The molecule has 2 atom stereocenters. The lowest BCUT2D eigenvalue weighted by Gasteiger charge is -2.23. The number of hydrogen-bond acceptors (Lipinski definition) is 8. The molecule has 4 rings (SSSR count). The zero-order chi connectivity index (χ0) is 33.9. The highest BCUT2D eigenvalue weighted by molar-refractivity contribution is 6.31. The van der Waals surface area contributed by atoms with Crippen LogP contribution in [-0.4, -0.2) is 52.9 Å². The third-order valence-corrected chi connectivity index (χ3v) is 6.85. The van der Waals surface area contributed by atoms with Gasteiger partial charge in [0, 0.05) is 21.3 Å². The second kappa shape index (κ2) is 16.0. The van der Waals surface area contributed by atoms with E-state index in [9.17, 15) is 33.9 Å². The van der Waals surface area contributed by atoms with Crippen molar-refractivity contribution in [2.24, 2.45) is 0 Å². The van der Waals surface area contributed by atoms with Crippen LogP contribution in [0.2, 0.25) is 10.0 Å². The summed E-state index contributed by atoms with van der Waals surface area (Å²) in [4.78, 5) is 76.1. The van der Waals surface area contributed by atoms with Gasteiger partial charge in [-0.1, -0.05) is 53.5 Å². The number of carbonyl (C=O) groups excluding carboxylic acids is 5. The van der Waals surface area contributed by atoms with Gasteiger partial charge in [-0.05, 0) is 78.4 Å². The van der Waals surface area contributed by atoms with Crippen molar-refractivity contribution in [3.05, 3.63) is 135 Å². The zero-order valence-electron chi connectivity index (χ0n) is 24.1. The van der Waals surface area contributed by atoms with Crippen LogP contribution >= 0.6 is 23.2 Å². The number of ether oxygens (including phenoxy) is 2. The molecule has 12 nitrogen and oxygen atoms in total. The van der Waals surface area contributed by atoms with Crippen LogP contribution in [-0.2, 0) is 30.3 Å². The Morgan fingerprint density at radius 2 is 1.11 bits per heavy atom. The Morgan fingerprint density at radius 1 is 0.617 bits per heavy atom. The quantitative estimate of drug-likeness (QED) is 0.132. The molecule has 4 aromatic rings. The van der Waals surface area contributed by atoms with E-state index in [1.165, 1.54) is 72.8 Å². The van der Waals surface area contributed by atoms with E-state index in [4.69, 9.17) is 32.7 Å². The first-order valence-corrected chi connectivity index (χ1v) is 14.5. The molecule has 0 unspecified atom stereocenters. The molecule has 0 fully saturated rings. The van der Waals surface area contributed by atoms with Crippen molar-refractivity contribution in [1.82, 2.24) is 10.9 Å². The minimum Gasteiger partial charge on any atom is -0.478 e. The van der Waals surface area contributed by atoms with Gasteiger partial charge in [-0.15, -0.1) is 0 Å². The topological polar surface area (TPSA) is 177 Å². The Morgan fingerprint density at radius 3 is 1.62 bits per heavy atom. The summed E-state index contributed by atoms with van der Waals surface area (Å²) in [5.41, 5.74) is 5.17. The number of carboxylic acid groups (broad SMARTS) is 1. The van der Waals surface area contributed by atoms with Crippen molar-refractivity contribution in [3.8, 4) is 0 Å². The van der Waals surface area contributed by atoms with E-state index in [1.807, 2.05) is 35.8 Å². The highest BCUT2D eigenvalue weighted by Crippen LogP contribution is 2.17. The molecule has 0 aliphatic rings. The molecule has 0 saturated carbocycles. The lowest BCUT2D eigenvalue weighted by Crippen LogP contribution is -2.54. The first-order chi connectivity index (χ1) is 22.5.